The van der Waals surface area contributed by atoms with Crippen LogP contribution in [0.5, 0.6) is 0 Å². The molecule has 0 fully saturated rings. The summed E-state index contributed by atoms with van der Waals surface area (Å²) in [6.45, 7) is 0. The maximum absolute atomic E-state index is 10.9. The molecule has 0 amide bonds. The minimum atomic E-state index is -1.01. The molecule has 0 unspecified atom stereocenters. The van der Waals surface area contributed by atoms with E-state index in [4.69, 9.17) is 5.11 Å². The molecule has 0 saturated heterocycles. The van der Waals surface area contributed by atoms with Crippen molar-refractivity contribution >= 4 is 17.7 Å². The van der Waals surface area contributed by atoms with Gasteiger partial charge in [0.1, 0.15) is 11.9 Å². The number of hydrogen-bond acceptors (Lipinski definition) is 5. The van der Waals surface area contributed by atoms with Gasteiger partial charge < -0.3 is 9.67 Å². The molecule has 6 nitrogen and oxygen atoms in total. The van der Waals surface area contributed by atoms with E-state index in [1.165, 1.54) is 24.3 Å². The Morgan fingerprint density at radius 2 is 2.35 bits per heavy atom. The summed E-state index contributed by atoms with van der Waals surface area (Å²) in [5.41, 5.74) is 0.634. The fourth-order valence-electron chi connectivity index (χ4n) is 1.27. The van der Waals surface area contributed by atoms with Crippen LogP contribution in [0, 0.1) is 0 Å². The molecular formula is C10H10N4O2S. The van der Waals surface area contributed by atoms with Gasteiger partial charge in [-0.1, -0.05) is 11.8 Å². The van der Waals surface area contributed by atoms with Crippen LogP contribution in [0.1, 0.15) is 16.1 Å². The Kier molecular flexibility index (Phi) is 3.38. The van der Waals surface area contributed by atoms with Crippen molar-refractivity contribution in [2.75, 3.05) is 0 Å². The summed E-state index contributed by atoms with van der Waals surface area (Å²) in [4.78, 5) is 22.8. The van der Waals surface area contributed by atoms with E-state index in [9.17, 15) is 4.79 Å². The molecule has 1 N–H and O–H groups in total. The molecule has 0 aromatic carbocycles. The summed E-state index contributed by atoms with van der Waals surface area (Å²) in [6.07, 6.45) is 6.19. The van der Waals surface area contributed by atoms with Gasteiger partial charge in [-0.2, -0.15) is 0 Å². The second kappa shape index (κ2) is 4.96. The van der Waals surface area contributed by atoms with Crippen molar-refractivity contribution in [3.8, 4) is 0 Å². The molecule has 17 heavy (non-hydrogen) atoms. The van der Waals surface area contributed by atoms with E-state index in [0.29, 0.717) is 11.4 Å². The maximum atomic E-state index is 10.9. The van der Waals surface area contributed by atoms with Crippen LogP contribution < -0.4 is 0 Å². The number of imidazole rings is 1. The summed E-state index contributed by atoms with van der Waals surface area (Å²) in [7, 11) is 1.88. The first-order valence-corrected chi connectivity index (χ1v) is 5.79. The summed E-state index contributed by atoms with van der Waals surface area (Å²) >= 11 is 1.44. The Labute approximate surface area is 102 Å². The van der Waals surface area contributed by atoms with E-state index in [1.807, 2.05) is 17.8 Å². The van der Waals surface area contributed by atoms with Crippen molar-refractivity contribution in [3.63, 3.8) is 0 Å². The van der Waals surface area contributed by atoms with Crippen LogP contribution in [-0.2, 0) is 12.8 Å². The highest BCUT2D eigenvalue weighted by Crippen LogP contribution is 2.20. The minimum absolute atomic E-state index is 0.134. The Hall–Kier alpha value is -1.89. The van der Waals surface area contributed by atoms with Crippen LogP contribution >= 0.6 is 11.8 Å². The van der Waals surface area contributed by atoms with Crippen LogP contribution in [0.4, 0.5) is 0 Å². The smallest absolute Gasteiger partial charge is 0.339 e. The van der Waals surface area contributed by atoms with Crippen molar-refractivity contribution in [1.29, 1.82) is 0 Å². The number of nitrogens with zero attached hydrogens (tertiary/aromatic N) is 4. The molecule has 2 rings (SSSR count). The lowest BCUT2D eigenvalue weighted by atomic mass is 10.2. The van der Waals surface area contributed by atoms with Gasteiger partial charge in [-0.05, 0) is 0 Å². The van der Waals surface area contributed by atoms with Gasteiger partial charge in [-0.15, -0.1) is 0 Å². The summed E-state index contributed by atoms with van der Waals surface area (Å²) in [6, 6.07) is 0. The van der Waals surface area contributed by atoms with Gasteiger partial charge in [0.2, 0.25) is 0 Å². The van der Waals surface area contributed by atoms with E-state index in [1.54, 1.807) is 6.20 Å². The van der Waals surface area contributed by atoms with Crippen molar-refractivity contribution < 1.29 is 9.90 Å². The SMILES string of the molecule is Cn1ccnc1SCc1ncncc1C(=O)O. The Balaban J connectivity index is 2.14. The van der Waals surface area contributed by atoms with E-state index in [-0.39, 0.29) is 5.56 Å². The third-order valence-electron chi connectivity index (χ3n) is 2.14. The summed E-state index contributed by atoms with van der Waals surface area (Å²) in [5.74, 6) is -0.560. The van der Waals surface area contributed by atoms with E-state index in [0.717, 1.165) is 5.16 Å². The number of aromatic nitrogens is 4. The zero-order chi connectivity index (χ0) is 12.3. The molecular weight excluding hydrogens is 240 g/mol. The first-order valence-electron chi connectivity index (χ1n) is 4.81. The monoisotopic (exact) mass is 250 g/mol. The Morgan fingerprint density at radius 1 is 1.53 bits per heavy atom. The average molecular weight is 250 g/mol. The van der Waals surface area contributed by atoms with Crippen LogP contribution in [0.25, 0.3) is 0 Å². The summed E-state index contributed by atoms with van der Waals surface area (Å²) < 4.78 is 1.87. The molecule has 88 valence electrons. The van der Waals surface area contributed by atoms with Gasteiger partial charge in [0.05, 0.1) is 5.69 Å². The molecule has 2 aromatic rings. The Morgan fingerprint density at radius 3 is 3.00 bits per heavy atom. The average Bonchev–Trinajstić information content (AvgIpc) is 2.72. The maximum Gasteiger partial charge on any atom is 0.339 e. The fourth-order valence-corrected chi connectivity index (χ4v) is 2.17. The normalized spacial score (nSPS) is 10.4. The third-order valence-corrected chi connectivity index (χ3v) is 3.21. The van der Waals surface area contributed by atoms with Crippen LogP contribution in [0.2, 0.25) is 0 Å². The van der Waals surface area contributed by atoms with Gasteiger partial charge in [0, 0.05) is 31.4 Å². The fraction of sp³-hybridized carbons (Fsp3) is 0.200. The number of aromatic carboxylic acids is 1. The number of carboxylic acids is 1. The second-order valence-corrected chi connectivity index (χ2v) is 4.24. The lowest BCUT2D eigenvalue weighted by Gasteiger charge is -2.03. The number of hydrogen-bond donors (Lipinski definition) is 1. The predicted molar refractivity (Wildman–Crippen MR) is 61.8 cm³/mol. The first-order chi connectivity index (χ1) is 8.18. The summed E-state index contributed by atoms with van der Waals surface area (Å²) in [5, 5.41) is 9.79. The molecule has 0 radical (unpaired) electrons. The second-order valence-electron chi connectivity index (χ2n) is 3.30. The number of carbonyl (C=O) groups is 1. The van der Waals surface area contributed by atoms with E-state index in [2.05, 4.69) is 15.0 Å². The molecule has 2 aromatic heterocycles. The number of aryl methyl sites for hydroxylation is 1. The molecule has 0 bridgehead atoms. The van der Waals surface area contributed by atoms with Gasteiger partial charge in [0.25, 0.3) is 0 Å². The lowest BCUT2D eigenvalue weighted by molar-refractivity contribution is 0.0695. The quantitative estimate of drug-likeness (QED) is 0.821. The number of thioether (sulfide) groups is 1. The topological polar surface area (TPSA) is 80.9 Å². The van der Waals surface area contributed by atoms with Gasteiger partial charge >= 0.3 is 5.97 Å². The van der Waals surface area contributed by atoms with Gasteiger partial charge in [-0.3, -0.25) is 0 Å². The minimum Gasteiger partial charge on any atom is -0.478 e. The van der Waals surface area contributed by atoms with Crippen molar-refractivity contribution in [3.05, 3.63) is 36.2 Å². The molecule has 7 heteroatoms. The van der Waals surface area contributed by atoms with Crippen LogP contribution in [0.3, 0.4) is 0 Å². The number of rotatable bonds is 4. The molecule has 0 atom stereocenters. The van der Waals surface area contributed by atoms with Crippen molar-refractivity contribution in [2.24, 2.45) is 7.05 Å². The zero-order valence-electron chi connectivity index (χ0n) is 9.07. The molecule has 2 heterocycles. The molecule has 0 aliphatic heterocycles. The number of carboxylic acid groups (broad SMARTS) is 1. The largest absolute Gasteiger partial charge is 0.478 e. The lowest BCUT2D eigenvalue weighted by Crippen LogP contribution is -2.05. The highest BCUT2D eigenvalue weighted by atomic mass is 32.2. The van der Waals surface area contributed by atoms with Gasteiger partial charge in [0.15, 0.2) is 5.16 Å². The Bertz CT molecular complexity index is 541. The van der Waals surface area contributed by atoms with Crippen molar-refractivity contribution in [2.45, 2.75) is 10.9 Å². The van der Waals surface area contributed by atoms with E-state index < -0.39 is 5.97 Å². The van der Waals surface area contributed by atoms with Crippen LogP contribution in [-0.4, -0.2) is 30.6 Å². The molecule has 0 aliphatic carbocycles. The zero-order valence-corrected chi connectivity index (χ0v) is 9.89. The molecule has 0 spiro atoms. The van der Waals surface area contributed by atoms with E-state index >= 15 is 0 Å². The highest BCUT2D eigenvalue weighted by molar-refractivity contribution is 7.98. The van der Waals surface area contributed by atoms with Crippen LogP contribution in [0.15, 0.2) is 30.1 Å². The standard InChI is InChI=1S/C10H10N4O2S/c1-14-3-2-12-10(14)17-5-8-7(9(15)16)4-11-6-13-8/h2-4,6H,5H2,1H3,(H,15,16). The molecule has 0 saturated carbocycles. The van der Waals surface area contributed by atoms with Crippen molar-refractivity contribution in [1.82, 2.24) is 19.5 Å². The molecule has 0 aliphatic rings. The first kappa shape index (κ1) is 11.6. The van der Waals surface area contributed by atoms with Gasteiger partial charge in [-0.25, -0.2) is 19.7 Å². The highest BCUT2D eigenvalue weighted by Gasteiger charge is 2.12. The predicted octanol–water partition coefficient (Wildman–Crippen LogP) is 1.20. The third kappa shape index (κ3) is 2.62.